The minimum Gasteiger partial charge on any atom is -0.478 e. The van der Waals surface area contributed by atoms with Gasteiger partial charge < -0.3 is 10.4 Å². The number of amides is 1. The van der Waals surface area contributed by atoms with Gasteiger partial charge in [-0.2, -0.15) is 0 Å². The third-order valence-electron chi connectivity index (χ3n) is 3.90. The molecule has 0 bridgehead atoms. The van der Waals surface area contributed by atoms with Crippen molar-refractivity contribution in [2.45, 2.75) is 31.6 Å². The van der Waals surface area contributed by atoms with Crippen LogP contribution in [0.3, 0.4) is 0 Å². The Morgan fingerprint density at radius 1 is 1.04 bits per heavy atom. The molecule has 0 radical (unpaired) electrons. The Balaban J connectivity index is 2.15. The SMILES string of the molecule is CC(C)Cc1ccc(CC(=O)Nc2cc(C(=O)O)cc(S(C)(=O)=O)c2)cc1. The van der Waals surface area contributed by atoms with E-state index in [0.29, 0.717) is 5.92 Å². The predicted molar refractivity (Wildman–Crippen MR) is 104 cm³/mol. The number of carbonyl (C=O) groups excluding carboxylic acids is 1. The molecule has 2 rings (SSSR count). The van der Waals surface area contributed by atoms with Gasteiger partial charge in [-0.05, 0) is 41.7 Å². The number of benzene rings is 2. The Morgan fingerprint density at radius 2 is 1.63 bits per heavy atom. The molecular formula is C20H23NO5S. The van der Waals surface area contributed by atoms with Crippen molar-refractivity contribution in [1.29, 1.82) is 0 Å². The quantitative estimate of drug-likeness (QED) is 0.757. The minimum absolute atomic E-state index is 0.105. The van der Waals surface area contributed by atoms with E-state index in [-0.39, 0.29) is 28.5 Å². The maximum atomic E-state index is 12.3. The van der Waals surface area contributed by atoms with Crippen LogP contribution in [0.15, 0.2) is 47.4 Å². The van der Waals surface area contributed by atoms with E-state index in [1.54, 1.807) is 0 Å². The normalized spacial score (nSPS) is 11.4. The van der Waals surface area contributed by atoms with Gasteiger partial charge in [-0.25, -0.2) is 13.2 Å². The fourth-order valence-electron chi connectivity index (χ4n) is 2.66. The standard InChI is InChI=1S/C20H23NO5S/c1-13(2)8-14-4-6-15(7-5-14)9-19(22)21-17-10-16(20(23)24)11-18(12-17)27(3,25)26/h4-7,10-13H,8-9H2,1-3H3,(H,21,22)(H,23,24). The highest BCUT2D eigenvalue weighted by molar-refractivity contribution is 7.90. The summed E-state index contributed by atoms with van der Waals surface area (Å²) in [4.78, 5) is 23.3. The lowest BCUT2D eigenvalue weighted by atomic mass is 10.0. The maximum absolute atomic E-state index is 12.3. The summed E-state index contributed by atoms with van der Waals surface area (Å²) in [6, 6.07) is 11.3. The molecule has 0 unspecified atom stereocenters. The van der Waals surface area contributed by atoms with Crippen molar-refractivity contribution in [3.8, 4) is 0 Å². The molecule has 0 aromatic heterocycles. The Bertz CT molecular complexity index is 947. The van der Waals surface area contributed by atoms with Crippen LogP contribution in [0, 0.1) is 5.92 Å². The highest BCUT2D eigenvalue weighted by atomic mass is 32.2. The Kier molecular flexibility index (Phi) is 6.38. The number of hydrogen-bond acceptors (Lipinski definition) is 4. The first kappa shape index (κ1) is 20.6. The molecule has 0 aliphatic rings. The van der Waals surface area contributed by atoms with Gasteiger partial charge in [0.15, 0.2) is 9.84 Å². The van der Waals surface area contributed by atoms with Gasteiger partial charge in [-0.15, -0.1) is 0 Å². The second-order valence-corrected chi connectivity index (χ2v) is 8.98. The van der Waals surface area contributed by atoms with E-state index in [0.717, 1.165) is 24.3 Å². The number of aromatic carboxylic acids is 1. The number of anilines is 1. The summed E-state index contributed by atoms with van der Waals surface area (Å²) in [5, 5.41) is 11.7. The fraction of sp³-hybridized carbons (Fsp3) is 0.300. The van der Waals surface area contributed by atoms with Gasteiger partial charge in [0, 0.05) is 11.9 Å². The number of carboxylic acids is 1. The van der Waals surface area contributed by atoms with Crippen molar-refractivity contribution in [1.82, 2.24) is 0 Å². The molecule has 144 valence electrons. The molecule has 6 nitrogen and oxygen atoms in total. The molecule has 0 saturated carbocycles. The zero-order valence-electron chi connectivity index (χ0n) is 15.5. The molecule has 0 saturated heterocycles. The van der Waals surface area contributed by atoms with Crippen molar-refractivity contribution >= 4 is 27.4 Å². The second-order valence-electron chi connectivity index (χ2n) is 6.96. The van der Waals surface area contributed by atoms with Crippen LogP contribution >= 0.6 is 0 Å². The van der Waals surface area contributed by atoms with Gasteiger partial charge in [-0.3, -0.25) is 4.79 Å². The molecule has 0 aliphatic heterocycles. The molecule has 2 N–H and O–H groups in total. The molecule has 2 aromatic carbocycles. The van der Waals surface area contributed by atoms with Crippen LogP contribution in [0.2, 0.25) is 0 Å². The molecule has 7 heteroatoms. The highest BCUT2D eigenvalue weighted by Crippen LogP contribution is 2.20. The van der Waals surface area contributed by atoms with E-state index in [1.807, 2.05) is 24.3 Å². The summed E-state index contributed by atoms with van der Waals surface area (Å²) < 4.78 is 23.5. The van der Waals surface area contributed by atoms with Gasteiger partial charge >= 0.3 is 5.97 Å². The van der Waals surface area contributed by atoms with Crippen molar-refractivity contribution < 1.29 is 23.1 Å². The number of sulfone groups is 1. The molecule has 0 aliphatic carbocycles. The van der Waals surface area contributed by atoms with Gasteiger partial charge in [-0.1, -0.05) is 38.1 Å². The Hall–Kier alpha value is -2.67. The van der Waals surface area contributed by atoms with E-state index in [1.165, 1.54) is 17.7 Å². The van der Waals surface area contributed by atoms with Crippen molar-refractivity contribution in [3.05, 3.63) is 59.2 Å². The third-order valence-corrected chi connectivity index (χ3v) is 4.99. The summed E-state index contributed by atoms with van der Waals surface area (Å²) in [5.41, 5.74) is 1.95. The second kappa shape index (κ2) is 8.35. The molecule has 27 heavy (non-hydrogen) atoms. The lowest BCUT2D eigenvalue weighted by molar-refractivity contribution is -0.115. The Morgan fingerprint density at radius 3 is 2.15 bits per heavy atom. The third kappa shape index (κ3) is 6.21. The average molecular weight is 389 g/mol. The van der Waals surface area contributed by atoms with Crippen molar-refractivity contribution in [2.75, 3.05) is 11.6 Å². The zero-order chi connectivity index (χ0) is 20.2. The fourth-order valence-corrected chi connectivity index (χ4v) is 3.35. The number of nitrogens with one attached hydrogen (secondary N) is 1. The molecule has 0 fully saturated rings. The summed E-state index contributed by atoms with van der Waals surface area (Å²) in [5.74, 6) is -1.07. The molecule has 0 atom stereocenters. The van der Waals surface area contributed by atoms with Crippen LogP contribution in [0.5, 0.6) is 0 Å². The van der Waals surface area contributed by atoms with Gasteiger partial charge in [0.2, 0.25) is 5.91 Å². The van der Waals surface area contributed by atoms with E-state index in [2.05, 4.69) is 19.2 Å². The Labute approximate surface area is 159 Å². The number of rotatable bonds is 7. The molecule has 0 heterocycles. The van der Waals surface area contributed by atoms with Gasteiger partial charge in [0.1, 0.15) is 0 Å². The molecule has 2 aromatic rings. The monoisotopic (exact) mass is 389 g/mol. The first-order valence-corrected chi connectivity index (χ1v) is 10.4. The number of carbonyl (C=O) groups is 2. The summed E-state index contributed by atoms with van der Waals surface area (Å²) in [7, 11) is -3.61. The van der Waals surface area contributed by atoms with Crippen molar-refractivity contribution in [2.24, 2.45) is 5.92 Å². The largest absolute Gasteiger partial charge is 0.478 e. The summed E-state index contributed by atoms with van der Waals surface area (Å²) in [6.45, 7) is 4.27. The van der Waals surface area contributed by atoms with E-state index in [4.69, 9.17) is 5.11 Å². The van der Waals surface area contributed by atoms with Crippen molar-refractivity contribution in [3.63, 3.8) is 0 Å². The topological polar surface area (TPSA) is 101 Å². The predicted octanol–water partition coefficient (Wildman–Crippen LogP) is 3.17. The van der Waals surface area contributed by atoms with E-state index < -0.39 is 15.8 Å². The smallest absolute Gasteiger partial charge is 0.335 e. The van der Waals surface area contributed by atoms with Crippen LogP contribution in [0.25, 0.3) is 0 Å². The number of carboxylic acid groups (broad SMARTS) is 1. The molecule has 0 spiro atoms. The summed E-state index contributed by atoms with van der Waals surface area (Å²) in [6.07, 6.45) is 2.05. The van der Waals surface area contributed by atoms with Gasteiger partial charge in [0.05, 0.1) is 16.9 Å². The van der Waals surface area contributed by atoms with E-state index >= 15 is 0 Å². The first-order valence-electron chi connectivity index (χ1n) is 8.50. The van der Waals surface area contributed by atoms with Crippen LogP contribution in [-0.2, 0) is 27.5 Å². The lowest BCUT2D eigenvalue weighted by Crippen LogP contribution is -2.15. The maximum Gasteiger partial charge on any atom is 0.335 e. The minimum atomic E-state index is -3.61. The highest BCUT2D eigenvalue weighted by Gasteiger charge is 2.15. The number of hydrogen-bond donors (Lipinski definition) is 2. The van der Waals surface area contributed by atoms with Crippen LogP contribution < -0.4 is 5.32 Å². The van der Waals surface area contributed by atoms with Crippen LogP contribution in [0.1, 0.15) is 35.3 Å². The molecule has 1 amide bonds. The molecular weight excluding hydrogens is 366 g/mol. The van der Waals surface area contributed by atoms with Crippen LogP contribution in [-0.4, -0.2) is 31.7 Å². The van der Waals surface area contributed by atoms with Crippen LogP contribution in [0.4, 0.5) is 5.69 Å². The lowest BCUT2D eigenvalue weighted by Gasteiger charge is -2.10. The zero-order valence-corrected chi connectivity index (χ0v) is 16.3. The summed E-state index contributed by atoms with van der Waals surface area (Å²) >= 11 is 0. The van der Waals surface area contributed by atoms with Gasteiger partial charge in [0.25, 0.3) is 0 Å². The average Bonchev–Trinajstić information content (AvgIpc) is 2.55. The van der Waals surface area contributed by atoms with E-state index in [9.17, 15) is 18.0 Å². The first-order chi connectivity index (χ1) is 12.5.